The van der Waals surface area contributed by atoms with Crippen molar-refractivity contribution in [1.82, 2.24) is 29.5 Å². The number of H-pyrrole nitrogens is 1. The minimum atomic E-state index is -0.449. The maximum Gasteiger partial charge on any atom is 0.255 e. The fourth-order valence-corrected chi connectivity index (χ4v) is 4.33. The lowest BCUT2D eigenvalue weighted by molar-refractivity contribution is -0.131. The number of aromatic nitrogens is 4. The number of aliphatic hydroxyl groups excluding tert-OH is 1. The molecule has 0 bridgehead atoms. The van der Waals surface area contributed by atoms with Crippen LogP contribution in [0.15, 0.2) is 18.5 Å². The fourth-order valence-electron chi connectivity index (χ4n) is 4.33. The van der Waals surface area contributed by atoms with Gasteiger partial charge in [0, 0.05) is 49.9 Å². The number of hydrogen-bond donors (Lipinski definition) is 2. The number of amides is 2. The van der Waals surface area contributed by atoms with Gasteiger partial charge in [-0.3, -0.25) is 9.59 Å². The molecule has 2 aromatic heterocycles. The number of carbonyl (C=O) groups is 2. The van der Waals surface area contributed by atoms with Crippen molar-refractivity contribution in [2.75, 3.05) is 32.8 Å². The molecule has 27 heavy (non-hydrogen) atoms. The Kier molecular flexibility index (Phi) is 4.26. The van der Waals surface area contributed by atoms with Crippen LogP contribution in [-0.4, -0.2) is 79.3 Å². The summed E-state index contributed by atoms with van der Waals surface area (Å²) < 4.78 is 1.61. The van der Waals surface area contributed by atoms with Crippen LogP contribution in [0.5, 0.6) is 0 Å². The molecular weight excluding hydrogens is 348 g/mol. The van der Waals surface area contributed by atoms with E-state index < -0.39 is 5.41 Å². The minimum absolute atomic E-state index is 0.0336. The van der Waals surface area contributed by atoms with E-state index in [0.717, 1.165) is 0 Å². The molecule has 2 atom stereocenters. The van der Waals surface area contributed by atoms with Gasteiger partial charge in [-0.1, -0.05) is 0 Å². The number of rotatable bonds is 4. The van der Waals surface area contributed by atoms with Gasteiger partial charge in [0.1, 0.15) is 18.2 Å². The maximum absolute atomic E-state index is 12.7. The number of hydrogen-bond acceptors (Lipinski definition) is 5. The third-order valence-corrected chi connectivity index (χ3v) is 5.81. The lowest BCUT2D eigenvalue weighted by Crippen LogP contribution is -2.41. The number of aryl methyl sites for hydroxylation is 2. The molecule has 9 nitrogen and oxygen atoms in total. The second-order valence-corrected chi connectivity index (χ2v) is 7.64. The van der Waals surface area contributed by atoms with E-state index in [1.165, 1.54) is 0 Å². The average Bonchev–Trinajstić information content (AvgIpc) is 3.37. The SMILES string of the molecule is Cc1nc(C)n(CC(=O)N2C[C@H]3CN(C(=O)c4cc[nH]c4)C[C@@]3(CO)C2)n1. The monoisotopic (exact) mass is 372 g/mol. The van der Waals surface area contributed by atoms with Gasteiger partial charge in [-0.15, -0.1) is 0 Å². The summed E-state index contributed by atoms with van der Waals surface area (Å²) in [5.41, 5.74) is 0.169. The van der Waals surface area contributed by atoms with Crippen molar-refractivity contribution in [3.63, 3.8) is 0 Å². The van der Waals surface area contributed by atoms with Gasteiger partial charge in [0.15, 0.2) is 0 Å². The zero-order chi connectivity index (χ0) is 19.2. The van der Waals surface area contributed by atoms with E-state index in [4.69, 9.17) is 0 Å². The molecule has 4 rings (SSSR count). The van der Waals surface area contributed by atoms with Gasteiger partial charge in [0.25, 0.3) is 5.91 Å². The maximum atomic E-state index is 12.7. The van der Waals surface area contributed by atoms with Crippen LogP contribution in [0.3, 0.4) is 0 Å². The van der Waals surface area contributed by atoms with Crippen LogP contribution in [0.25, 0.3) is 0 Å². The predicted molar refractivity (Wildman–Crippen MR) is 95.8 cm³/mol. The Balaban J connectivity index is 1.44. The van der Waals surface area contributed by atoms with Crippen molar-refractivity contribution >= 4 is 11.8 Å². The molecule has 2 aliphatic heterocycles. The Morgan fingerprint density at radius 2 is 2.04 bits per heavy atom. The highest BCUT2D eigenvalue weighted by atomic mass is 16.3. The van der Waals surface area contributed by atoms with Crippen molar-refractivity contribution in [1.29, 1.82) is 0 Å². The van der Waals surface area contributed by atoms with E-state index >= 15 is 0 Å². The molecule has 144 valence electrons. The summed E-state index contributed by atoms with van der Waals surface area (Å²) >= 11 is 0. The molecule has 0 aromatic carbocycles. The van der Waals surface area contributed by atoms with Crippen LogP contribution < -0.4 is 0 Å². The predicted octanol–water partition coefficient (Wildman–Crippen LogP) is -0.184. The molecule has 9 heteroatoms. The molecule has 2 aliphatic rings. The number of likely N-dealkylation sites (tertiary alicyclic amines) is 2. The molecule has 4 heterocycles. The summed E-state index contributed by atoms with van der Waals surface area (Å²) in [7, 11) is 0. The van der Waals surface area contributed by atoms with Gasteiger partial charge in [-0.25, -0.2) is 9.67 Å². The topological polar surface area (TPSA) is 107 Å². The Bertz CT molecular complexity index is 861. The second-order valence-electron chi connectivity index (χ2n) is 7.64. The Hall–Kier alpha value is -2.68. The molecular formula is C18H24N6O3. The summed E-state index contributed by atoms with van der Waals surface area (Å²) in [6, 6.07) is 1.75. The van der Waals surface area contributed by atoms with E-state index in [0.29, 0.717) is 43.4 Å². The van der Waals surface area contributed by atoms with Crippen LogP contribution >= 0.6 is 0 Å². The fraction of sp³-hybridized carbons (Fsp3) is 0.556. The first-order valence-electron chi connectivity index (χ1n) is 9.10. The van der Waals surface area contributed by atoms with Gasteiger partial charge in [-0.05, 0) is 19.9 Å². The van der Waals surface area contributed by atoms with Gasteiger partial charge in [0.2, 0.25) is 5.91 Å². The molecule has 2 aromatic rings. The zero-order valence-corrected chi connectivity index (χ0v) is 15.6. The summed E-state index contributed by atoms with van der Waals surface area (Å²) in [6.45, 7) is 5.74. The van der Waals surface area contributed by atoms with Crippen molar-refractivity contribution < 1.29 is 14.7 Å². The van der Waals surface area contributed by atoms with E-state index in [2.05, 4.69) is 15.1 Å². The van der Waals surface area contributed by atoms with Crippen molar-refractivity contribution in [3.05, 3.63) is 35.7 Å². The molecule has 0 unspecified atom stereocenters. The van der Waals surface area contributed by atoms with Crippen LogP contribution in [0.4, 0.5) is 0 Å². The third kappa shape index (κ3) is 3.01. The number of aromatic amines is 1. The van der Waals surface area contributed by atoms with Crippen LogP contribution in [0.2, 0.25) is 0 Å². The smallest absolute Gasteiger partial charge is 0.255 e. The molecule has 0 saturated carbocycles. The number of nitrogens with one attached hydrogen (secondary N) is 1. The number of nitrogens with zero attached hydrogens (tertiary/aromatic N) is 5. The van der Waals surface area contributed by atoms with Crippen LogP contribution in [-0.2, 0) is 11.3 Å². The highest BCUT2D eigenvalue weighted by molar-refractivity contribution is 5.94. The molecule has 2 fully saturated rings. The van der Waals surface area contributed by atoms with Gasteiger partial charge in [0.05, 0.1) is 12.2 Å². The summed E-state index contributed by atoms with van der Waals surface area (Å²) in [4.78, 5) is 36.1. The molecule has 0 spiro atoms. The highest BCUT2D eigenvalue weighted by Gasteiger charge is 2.54. The van der Waals surface area contributed by atoms with Crippen LogP contribution in [0, 0.1) is 25.2 Å². The molecule has 0 radical (unpaired) electrons. The lowest BCUT2D eigenvalue weighted by atomic mass is 9.82. The summed E-state index contributed by atoms with van der Waals surface area (Å²) in [5, 5.41) is 14.3. The minimum Gasteiger partial charge on any atom is -0.396 e. The standard InChI is InChI=1S/C18H24N6O3/c1-12-20-13(2)24(21-12)8-16(26)22-6-15-7-23(10-18(15,9-22)11-25)17(27)14-3-4-19-5-14/h3-5,15,19,25H,6-11H2,1-2H3/t15-,18+/m0/s1. The normalized spacial score (nSPS) is 24.5. The number of fused-ring (bicyclic) bond motifs is 1. The summed E-state index contributed by atoms with van der Waals surface area (Å²) in [6.07, 6.45) is 3.40. The largest absolute Gasteiger partial charge is 0.396 e. The van der Waals surface area contributed by atoms with Crippen LogP contribution in [0.1, 0.15) is 22.0 Å². The molecule has 2 saturated heterocycles. The van der Waals surface area contributed by atoms with Gasteiger partial charge >= 0.3 is 0 Å². The van der Waals surface area contributed by atoms with Crippen molar-refractivity contribution in [2.45, 2.75) is 20.4 Å². The quantitative estimate of drug-likeness (QED) is 0.774. The second kappa shape index (κ2) is 6.49. The lowest BCUT2D eigenvalue weighted by Gasteiger charge is -2.27. The number of aliphatic hydroxyl groups is 1. The van der Waals surface area contributed by atoms with Gasteiger partial charge < -0.3 is 19.9 Å². The molecule has 2 N–H and O–H groups in total. The Morgan fingerprint density at radius 1 is 1.30 bits per heavy atom. The van der Waals surface area contributed by atoms with Crippen molar-refractivity contribution in [2.24, 2.45) is 11.3 Å². The molecule has 0 aliphatic carbocycles. The Labute approximate surface area is 157 Å². The van der Waals surface area contributed by atoms with E-state index in [1.807, 2.05) is 6.92 Å². The number of carbonyl (C=O) groups excluding carboxylic acids is 2. The summed E-state index contributed by atoms with van der Waals surface area (Å²) in [5.74, 6) is 1.36. The third-order valence-electron chi connectivity index (χ3n) is 5.81. The molecule has 2 amide bonds. The first-order chi connectivity index (χ1) is 12.9. The van der Waals surface area contributed by atoms with Gasteiger partial charge in [-0.2, -0.15) is 5.10 Å². The zero-order valence-electron chi connectivity index (χ0n) is 15.6. The van der Waals surface area contributed by atoms with E-state index in [9.17, 15) is 14.7 Å². The van der Waals surface area contributed by atoms with E-state index in [1.54, 1.807) is 39.9 Å². The van der Waals surface area contributed by atoms with Crippen molar-refractivity contribution in [3.8, 4) is 0 Å². The Morgan fingerprint density at radius 3 is 2.63 bits per heavy atom. The highest BCUT2D eigenvalue weighted by Crippen LogP contribution is 2.42. The first kappa shape index (κ1) is 17.7. The average molecular weight is 372 g/mol. The first-order valence-corrected chi connectivity index (χ1v) is 9.10. The van der Waals surface area contributed by atoms with E-state index in [-0.39, 0.29) is 30.9 Å².